The van der Waals surface area contributed by atoms with Crippen LogP contribution >= 0.6 is 0 Å². The van der Waals surface area contributed by atoms with Crippen molar-refractivity contribution in [3.8, 4) is 5.88 Å². The first-order valence-electron chi connectivity index (χ1n) is 6.76. The molecule has 1 N–H and O–H groups in total. The van der Waals surface area contributed by atoms with Crippen LogP contribution in [-0.4, -0.2) is 18.6 Å². The average molecular weight is 246 g/mol. The molecular weight excluding hydrogens is 224 g/mol. The Labute approximate surface area is 109 Å². The maximum Gasteiger partial charge on any atom is 0.217 e. The Morgan fingerprint density at radius 3 is 3.11 bits per heavy atom. The molecule has 0 fully saturated rings. The molecule has 0 unspecified atom stereocenters. The average Bonchev–Trinajstić information content (AvgIpc) is 2.45. The van der Waals surface area contributed by atoms with E-state index in [9.17, 15) is 0 Å². The summed E-state index contributed by atoms with van der Waals surface area (Å²) in [5.41, 5.74) is 2.74. The molecular formula is C15H22N2O. The molecule has 0 saturated heterocycles. The van der Waals surface area contributed by atoms with E-state index < -0.39 is 0 Å². The zero-order valence-corrected chi connectivity index (χ0v) is 11.1. The minimum Gasteiger partial charge on any atom is -0.481 e. The molecule has 0 bridgehead atoms. The van der Waals surface area contributed by atoms with Crippen LogP contribution in [0.15, 0.2) is 30.0 Å². The number of rotatable bonds is 6. The van der Waals surface area contributed by atoms with E-state index in [0.29, 0.717) is 0 Å². The molecule has 0 aromatic carbocycles. The number of nitrogens with one attached hydrogen (secondary N) is 1. The van der Waals surface area contributed by atoms with Gasteiger partial charge in [0, 0.05) is 18.3 Å². The number of ether oxygens (including phenoxy) is 1. The molecule has 0 amide bonds. The molecule has 1 aromatic rings. The molecule has 1 aliphatic carbocycles. The Morgan fingerprint density at radius 2 is 2.33 bits per heavy atom. The number of hydrogen-bond acceptors (Lipinski definition) is 3. The van der Waals surface area contributed by atoms with Crippen molar-refractivity contribution >= 4 is 0 Å². The second-order valence-corrected chi connectivity index (χ2v) is 4.71. The van der Waals surface area contributed by atoms with Crippen molar-refractivity contribution in [2.24, 2.45) is 0 Å². The lowest BCUT2D eigenvalue weighted by atomic mass is 9.97. The van der Waals surface area contributed by atoms with Crippen LogP contribution in [0.3, 0.4) is 0 Å². The molecule has 1 aliphatic rings. The zero-order valence-electron chi connectivity index (χ0n) is 11.1. The van der Waals surface area contributed by atoms with Crippen LogP contribution in [0.4, 0.5) is 0 Å². The van der Waals surface area contributed by atoms with Gasteiger partial charge >= 0.3 is 0 Å². The largest absolute Gasteiger partial charge is 0.481 e. The summed E-state index contributed by atoms with van der Waals surface area (Å²) in [6.07, 6.45) is 10.6. The quantitative estimate of drug-likeness (QED) is 0.618. The number of allylic oxidation sites excluding steroid dienone is 1. The van der Waals surface area contributed by atoms with Crippen molar-refractivity contribution in [3.63, 3.8) is 0 Å². The van der Waals surface area contributed by atoms with E-state index >= 15 is 0 Å². The summed E-state index contributed by atoms with van der Waals surface area (Å²) in [4.78, 5) is 4.19. The summed E-state index contributed by atoms with van der Waals surface area (Å²) in [5, 5.41) is 3.46. The van der Waals surface area contributed by atoms with E-state index in [0.717, 1.165) is 24.5 Å². The Morgan fingerprint density at radius 1 is 1.39 bits per heavy atom. The van der Waals surface area contributed by atoms with Crippen LogP contribution in [-0.2, 0) is 6.54 Å². The highest BCUT2D eigenvalue weighted by molar-refractivity contribution is 5.25. The first-order chi connectivity index (χ1) is 8.90. The Kier molecular flexibility index (Phi) is 5.21. The summed E-state index contributed by atoms with van der Waals surface area (Å²) in [5.74, 6) is 0.724. The maximum absolute atomic E-state index is 5.23. The Bertz CT molecular complexity index is 401. The molecule has 1 heterocycles. The molecule has 2 rings (SSSR count). The summed E-state index contributed by atoms with van der Waals surface area (Å²) < 4.78 is 5.23. The van der Waals surface area contributed by atoms with Gasteiger partial charge in [0.25, 0.3) is 0 Å². The van der Waals surface area contributed by atoms with Gasteiger partial charge in [-0.05, 0) is 44.7 Å². The van der Waals surface area contributed by atoms with Crippen LogP contribution in [0.5, 0.6) is 5.88 Å². The number of methoxy groups -OCH3 is 1. The van der Waals surface area contributed by atoms with Gasteiger partial charge in [-0.1, -0.05) is 17.7 Å². The number of hydrogen-bond donors (Lipinski definition) is 1. The third kappa shape index (κ3) is 3.84. The van der Waals surface area contributed by atoms with Crippen LogP contribution < -0.4 is 10.1 Å². The van der Waals surface area contributed by atoms with E-state index in [1.54, 1.807) is 18.9 Å². The topological polar surface area (TPSA) is 34.1 Å². The highest BCUT2D eigenvalue weighted by Gasteiger charge is 2.04. The van der Waals surface area contributed by atoms with Crippen LogP contribution in [0, 0.1) is 0 Å². The maximum atomic E-state index is 5.23. The van der Waals surface area contributed by atoms with Crippen molar-refractivity contribution < 1.29 is 4.74 Å². The fourth-order valence-electron chi connectivity index (χ4n) is 2.35. The lowest BCUT2D eigenvalue weighted by Crippen LogP contribution is -2.16. The highest BCUT2D eigenvalue weighted by Crippen LogP contribution is 2.19. The summed E-state index contributed by atoms with van der Waals surface area (Å²) in [6.45, 7) is 1.86. The third-order valence-corrected chi connectivity index (χ3v) is 3.37. The first-order valence-corrected chi connectivity index (χ1v) is 6.76. The molecule has 0 atom stereocenters. The normalized spacial score (nSPS) is 15.3. The lowest BCUT2D eigenvalue weighted by molar-refractivity contribution is 0.390. The number of nitrogens with zero attached hydrogens (tertiary/aromatic N) is 1. The molecule has 0 spiro atoms. The number of pyridine rings is 1. The smallest absolute Gasteiger partial charge is 0.217 e. The summed E-state index contributed by atoms with van der Waals surface area (Å²) in [6, 6.07) is 4.00. The molecule has 0 radical (unpaired) electrons. The van der Waals surface area contributed by atoms with E-state index in [4.69, 9.17) is 4.74 Å². The third-order valence-electron chi connectivity index (χ3n) is 3.37. The fourth-order valence-corrected chi connectivity index (χ4v) is 2.35. The molecule has 3 heteroatoms. The molecule has 98 valence electrons. The Balaban J connectivity index is 1.73. The molecule has 0 aliphatic heterocycles. The first kappa shape index (κ1) is 13.1. The summed E-state index contributed by atoms with van der Waals surface area (Å²) >= 11 is 0. The van der Waals surface area contributed by atoms with E-state index in [2.05, 4.69) is 22.4 Å². The molecule has 3 nitrogen and oxygen atoms in total. The predicted octanol–water partition coefficient (Wildman–Crippen LogP) is 3.07. The second kappa shape index (κ2) is 7.17. The summed E-state index contributed by atoms with van der Waals surface area (Å²) in [7, 11) is 1.67. The van der Waals surface area contributed by atoms with Crippen LogP contribution in [0.1, 0.15) is 37.7 Å². The van der Waals surface area contributed by atoms with Gasteiger partial charge < -0.3 is 10.1 Å². The van der Waals surface area contributed by atoms with Gasteiger partial charge in [0.15, 0.2) is 0 Å². The highest BCUT2D eigenvalue weighted by atomic mass is 16.5. The van der Waals surface area contributed by atoms with Crippen molar-refractivity contribution in [3.05, 3.63) is 35.5 Å². The van der Waals surface area contributed by atoms with Gasteiger partial charge in [0.05, 0.1) is 7.11 Å². The van der Waals surface area contributed by atoms with Crippen molar-refractivity contribution in [1.82, 2.24) is 10.3 Å². The van der Waals surface area contributed by atoms with Crippen LogP contribution in [0.2, 0.25) is 0 Å². The van der Waals surface area contributed by atoms with Gasteiger partial charge in [-0.2, -0.15) is 0 Å². The van der Waals surface area contributed by atoms with E-state index in [1.165, 1.54) is 32.1 Å². The van der Waals surface area contributed by atoms with Gasteiger partial charge in [-0.3, -0.25) is 0 Å². The van der Waals surface area contributed by atoms with Crippen molar-refractivity contribution in [2.45, 2.75) is 38.6 Å². The second-order valence-electron chi connectivity index (χ2n) is 4.71. The minimum atomic E-state index is 0.724. The van der Waals surface area contributed by atoms with Gasteiger partial charge in [-0.25, -0.2) is 4.98 Å². The fraction of sp³-hybridized carbons (Fsp3) is 0.533. The molecule has 1 aromatic heterocycles. The van der Waals surface area contributed by atoms with Gasteiger partial charge in [-0.15, -0.1) is 0 Å². The molecule has 0 saturated carbocycles. The van der Waals surface area contributed by atoms with E-state index in [1.807, 2.05) is 6.07 Å². The van der Waals surface area contributed by atoms with Gasteiger partial charge in [0.1, 0.15) is 0 Å². The van der Waals surface area contributed by atoms with Crippen LogP contribution in [0.25, 0.3) is 0 Å². The standard InChI is InChI=1S/C15H22N2O/c1-18-15-14(8-5-10-17-15)12-16-11-9-13-6-3-2-4-7-13/h5-6,8,10,16H,2-4,7,9,11-12H2,1H3. The monoisotopic (exact) mass is 246 g/mol. The lowest BCUT2D eigenvalue weighted by Gasteiger charge is -2.13. The number of aromatic nitrogens is 1. The predicted molar refractivity (Wildman–Crippen MR) is 73.7 cm³/mol. The minimum absolute atomic E-state index is 0.724. The zero-order chi connectivity index (χ0) is 12.6. The van der Waals surface area contributed by atoms with E-state index in [-0.39, 0.29) is 0 Å². The molecule has 18 heavy (non-hydrogen) atoms. The van der Waals surface area contributed by atoms with Crippen molar-refractivity contribution in [1.29, 1.82) is 0 Å². The Hall–Kier alpha value is -1.35. The SMILES string of the molecule is COc1ncccc1CNCCC1=CCCCC1. The van der Waals surface area contributed by atoms with Crippen molar-refractivity contribution in [2.75, 3.05) is 13.7 Å². The van der Waals surface area contributed by atoms with Gasteiger partial charge in [0.2, 0.25) is 5.88 Å².